The van der Waals surface area contributed by atoms with Crippen molar-refractivity contribution in [2.75, 3.05) is 4.90 Å². The number of furan rings is 1. The Kier molecular flexibility index (Phi) is 7.92. The quantitative estimate of drug-likeness (QED) is 0.156. The smallest absolute Gasteiger partial charge is 0.143 e. The van der Waals surface area contributed by atoms with Crippen molar-refractivity contribution in [3.05, 3.63) is 223 Å². The van der Waals surface area contributed by atoms with E-state index in [0.29, 0.717) is 0 Å². The molecule has 1 aliphatic carbocycles. The van der Waals surface area contributed by atoms with E-state index in [4.69, 9.17) is 4.42 Å². The van der Waals surface area contributed by atoms with E-state index in [0.717, 1.165) is 50.1 Å². The van der Waals surface area contributed by atoms with Crippen LogP contribution in [0.2, 0.25) is 0 Å². The molecule has 0 saturated heterocycles. The number of benzene rings is 10. The molecule has 10 aromatic carbocycles. The number of nitrogens with zero attached hydrogens (tertiary/aromatic N) is 1. The summed E-state index contributed by atoms with van der Waals surface area (Å²) in [7, 11) is 0. The Morgan fingerprint density at radius 3 is 1.90 bits per heavy atom. The molecule has 2 nitrogen and oxygen atoms in total. The summed E-state index contributed by atoms with van der Waals surface area (Å²) in [6, 6.07) is 77.4. The van der Waals surface area contributed by atoms with Crippen molar-refractivity contribution >= 4 is 60.5 Å². The molecule has 1 heterocycles. The molecule has 0 spiro atoms. The monoisotopic (exact) mass is 779 g/mol. The van der Waals surface area contributed by atoms with E-state index in [9.17, 15) is 0 Å². The van der Waals surface area contributed by atoms with Crippen molar-refractivity contribution in [2.45, 2.75) is 19.3 Å². The first-order chi connectivity index (χ1) is 30.0. The molecular formula is C59H41NO. The summed E-state index contributed by atoms with van der Waals surface area (Å²) in [5, 5.41) is 7.26. The van der Waals surface area contributed by atoms with Crippen LogP contribution in [-0.2, 0) is 5.41 Å². The second-order valence-corrected chi connectivity index (χ2v) is 16.8. The third kappa shape index (κ3) is 5.56. The molecule has 0 aliphatic heterocycles. The molecule has 0 unspecified atom stereocenters. The maximum atomic E-state index is 6.65. The zero-order chi connectivity index (χ0) is 40.7. The average molecular weight is 780 g/mol. The summed E-state index contributed by atoms with van der Waals surface area (Å²) in [5.74, 6) is 0. The van der Waals surface area contributed by atoms with Crippen LogP contribution in [0, 0.1) is 0 Å². The van der Waals surface area contributed by atoms with Crippen LogP contribution in [0.3, 0.4) is 0 Å². The Morgan fingerprint density at radius 2 is 1.02 bits per heavy atom. The zero-order valence-electron chi connectivity index (χ0n) is 34.1. The summed E-state index contributed by atoms with van der Waals surface area (Å²) in [5.41, 5.74) is 17.3. The van der Waals surface area contributed by atoms with Crippen molar-refractivity contribution in [2.24, 2.45) is 0 Å². The van der Waals surface area contributed by atoms with Gasteiger partial charge >= 0.3 is 0 Å². The van der Waals surface area contributed by atoms with E-state index in [1.165, 1.54) is 66.1 Å². The minimum Gasteiger partial charge on any atom is -0.455 e. The van der Waals surface area contributed by atoms with Crippen LogP contribution >= 0.6 is 0 Å². The fraction of sp³-hybridized carbons (Fsp3) is 0.0508. The lowest BCUT2D eigenvalue weighted by atomic mass is 9.81. The number of para-hydroxylation sites is 3. The Labute approximate surface area is 355 Å². The molecule has 2 heteroatoms. The third-order valence-electron chi connectivity index (χ3n) is 13.1. The molecule has 0 fully saturated rings. The highest BCUT2D eigenvalue weighted by Gasteiger charge is 2.35. The largest absolute Gasteiger partial charge is 0.455 e. The highest BCUT2D eigenvalue weighted by Crippen LogP contribution is 2.50. The van der Waals surface area contributed by atoms with E-state index in [1.807, 2.05) is 6.07 Å². The molecule has 0 N–H and O–H groups in total. The number of hydrogen-bond donors (Lipinski definition) is 0. The van der Waals surface area contributed by atoms with E-state index in [1.54, 1.807) is 0 Å². The maximum Gasteiger partial charge on any atom is 0.143 e. The number of rotatable bonds is 6. The lowest BCUT2D eigenvalue weighted by Crippen LogP contribution is -2.14. The van der Waals surface area contributed by atoms with Gasteiger partial charge in [-0.25, -0.2) is 0 Å². The van der Waals surface area contributed by atoms with Crippen LogP contribution in [0.15, 0.2) is 217 Å². The van der Waals surface area contributed by atoms with Crippen molar-refractivity contribution < 1.29 is 4.42 Å². The molecule has 12 rings (SSSR count). The second-order valence-electron chi connectivity index (χ2n) is 16.8. The first-order valence-electron chi connectivity index (χ1n) is 21.2. The molecule has 61 heavy (non-hydrogen) atoms. The average Bonchev–Trinajstić information content (AvgIpc) is 3.81. The molecule has 11 aromatic rings. The zero-order valence-corrected chi connectivity index (χ0v) is 34.1. The van der Waals surface area contributed by atoms with Crippen molar-refractivity contribution in [3.63, 3.8) is 0 Å². The number of hydrogen-bond acceptors (Lipinski definition) is 2. The summed E-state index contributed by atoms with van der Waals surface area (Å²) in [4.78, 5) is 2.41. The topological polar surface area (TPSA) is 16.4 Å². The SMILES string of the molecule is CC1(C)c2ccccc2-c2ccc(-c3ccc(N(c4cccc(-c5cccc6c5ccc5ccccc56)c4)c4ccccc4-c4cccc5c4oc4ccccc45)cc3)cc21. The van der Waals surface area contributed by atoms with Gasteiger partial charge in [0.15, 0.2) is 0 Å². The van der Waals surface area contributed by atoms with E-state index in [2.05, 4.69) is 225 Å². The fourth-order valence-corrected chi connectivity index (χ4v) is 10.1. The molecule has 0 amide bonds. The first-order valence-corrected chi connectivity index (χ1v) is 21.2. The van der Waals surface area contributed by atoms with Gasteiger partial charge in [0.1, 0.15) is 11.2 Å². The van der Waals surface area contributed by atoms with Crippen LogP contribution in [0.4, 0.5) is 17.1 Å². The molecule has 288 valence electrons. The molecule has 0 bridgehead atoms. The van der Waals surface area contributed by atoms with Gasteiger partial charge in [-0.1, -0.05) is 184 Å². The Balaban J connectivity index is 1.02. The van der Waals surface area contributed by atoms with Crippen molar-refractivity contribution in [1.29, 1.82) is 0 Å². The molecule has 0 atom stereocenters. The Morgan fingerprint density at radius 1 is 0.361 bits per heavy atom. The Hall–Kier alpha value is -7.68. The highest BCUT2D eigenvalue weighted by atomic mass is 16.3. The number of fused-ring (bicyclic) bond motifs is 9. The third-order valence-corrected chi connectivity index (χ3v) is 13.1. The lowest BCUT2D eigenvalue weighted by Gasteiger charge is -2.28. The summed E-state index contributed by atoms with van der Waals surface area (Å²) < 4.78 is 6.65. The van der Waals surface area contributed by atoms with Crippen molar-refractivity contribution in [1.82, 2.24) is 0 Å². The van der Waals surface area contributed by atoms with Gasteiger partial charge in [-0.05, 0) is 109 Å². The first kappa shape index (κ1) is 35.3. The van der Waals surface area contributed by atoms with Gasteiger partial charge in [0.25, 0.3) is 0 Å². The molecular weight excluding hydrogens is 739 g/mol. The van der Waals surface area contributed by atoms with E-state index >= 15 is 0 Å². The Bertz CT molecular complexity index is 3520. The van der Waals surface area contributed by atoms with Gasteiger partial charge in [-0.15, -0.1) is 0 Å². The van der Waals surface area contributed by atoms with Crippen LogP contribution < -0.4 is 4.90 Å². The van der Waals surface area contributed by atoms with Crippen LogP contribution in [0.5, 0.6) is 0 Å². The summed E-state index contributed by atoms with van der Waals surface area (Å²) in [6.45, 7) is 4.70. The van der Waals surface area contributed by atoms with Gasteiger partial charge < -0.3 is 9.32 Å². The van der Waals surface area contributed by atoms with Crippen molar-refractivity contribution in [3.8, 4) is 44.5 Å². The van der Waals surface area contributed by atoms with Gasteiger partial charge in [-0.2, -0.15) is 0 Å². The maximum absolute atomic E-state index is 6.65. The minimum atomic E-state index is -0.0622. The van der Waals surface area contributed by atoms with Gasteiger partial charge in [0, 0.05) is 38.7 Å². The van der Waals surface area contributed by atoms with Gasteiger partial charge in [0.05, 0.1) is 5.69 Å². The fourth-order valence-electron chi connectivity index (χ4n) is 10.1. The summed E-state index contributed by atoms with van der Waals surface area (Å²) in [6.07, 6.45) is 0. The second kappa shape index (κ2) is 13.7. The van der Waals surface area contributed by atoms with Crippen LogP contribution in [0.25, 0.3) is 88.0 Å². The van der Waals surface area contributed by atoms with E-state index < -0.39 is 0 Å². The minimum absolute atomic E-state index is 0.0622. The highest BCUT2D eigenvalue weighted by molar-refractivity contribution is 6.13. The molecule has 1 aromatic heterocycles. The lowest BCUT2D eigenvalue weighted by molar-refractivity contribution is 0.660. The van der Waals surface area contributed by atoms with E-state index in [-0.39, 0.29) is 5.41 Å². The predicted molar refractivity (Wildman–Crippen MR) is 257 cm³/mol. The number of anilines is 3. The van der Waals surface area contributed by atoms with Gasteiger partial charge in [-0.3, -0.25) is 0 Å². The summed E-state index contributed by atoms with van der Waals surface area (Å²) >= 11 is 0. The van der Waals surface area contributed by atoms with Crippen LogP contribution in [0.1, 0.15) is 25.0 Å². The predicted octanol–water partition coefficient (Wildman–Crippen LogP) is 16.7. The molecule has 0 saturated carbocycles. The van der Waals surface area contributed by atoms with Gasteiger partial charge in [0.2, 0.25) is 0 Å². The standard InChI is InChI=1S/C59H41NO/c1-59(2)54-25-8-5-18-48(54)49-35-31-40(37-55(49)59)38-28-32-42(33-29-38)60(56-26-9-6-19-50(56)52-23-13-24-53-51-20-7-10-27-57(51)61-58(52)53)43-16-11-15-41(36-43)45-21-12-22-46-44-17-4-3-14-39(44)30-34-47(45)46/h3-37H,1-2H3. The normalized spacial score (nSPS) is 12.9. The van der Waals surface area contributed by atoms with Crippen LogP contribution in [-0.4, -0.2) is 0 Å². The molecule has 1 aliphatic rings. The molecule has 0 radical (unpaired) electrons.